The smallest absolute Gasteiger partial charge is 0.144 e. The van der Waals surface area contributed by atoms with Gasteiger partial charge in [0.15, 0.2) is 0 Å². The molecule has 0 aliphatic carbocycles. The van der Waals surface area contributed by atoms with Crippen LogP contribution in [-0.4, -0.2) is 16.5 Å². The molecule has 0 amide bonds. The lowest BCUT2D eigenvalue weighted by Crippen LogP contribution is -2.08. The number of nitrogens with one attached hydrogen (secondary N) is 1. The molecule has 2 rings (SSSR count). The van der Waals surface area contributed by atoms with Gasteiger partial charge in [-0.2, -0.15) is 0 Å². The minimum atomic E-state index is 0.507. The highest BCUT2D eigenvalue weighted by Crippen LogP contribution is 2.28. The molecule has 0 spiro atoms. The highest BCUT2D eigenvalue weighted by molar-refractivity contribution is 9.10. The zero-order chi connectivity index (χ0) is 15.4. The van der Waals surface area contributed by atoms with Gasteiger partial charge in [0.2, 0.25) is 0 Å². The second-order valence-corrected chi connectivity index (χ2v) is 6.30. The van der Waals surface area contributed by atoms with E-state index in [4.69, 9.17) is 23.2 Å². The molecule has 2 aromatic rings. The Labute approximate surface area is 143 Å². The van der Waals surface area contributed by atoms with Crippen LogP contribution in [-0.2, 0) is 6.42 Å². The van der Waals surface area contributed by atoms with Gasteiger partial charge in [-0.25, -0.2) is 9.97 Å². The van der Waals surface area contributed by atoms with Crippen molar-refractivity contribution in [3.8, 4) is 0 Å². The molecule has 0 saturated carbocycles. The molecular formula is C15H16BrCl2N3. The number of nitrogens with zero attached hydrogens (tertiary/aromatic N) is 2. The summed E-state index contributed by atoms with van der Waals surface area (Å²) in [5.41, 5.74) is 1.74. The molecule has 0 aliphatic rings. The molecule has 0 unspecified atom stereocenters. The molecule has 1 N–H and O–H groups in total. The maximum absolute atomic E-state index is 6.21. The first-order valence-electron chi connectivity index (χ1n) is 6.72. The summed E-state index contributed by atoms with van der Waals surface area (Å²) in [6.45, 7) is 4.92. The number of aromatic nitrogens is 2. The van der Waals surface area contributed by atoms with Gasteiger partial charge in [0.25, 0.3) is 0 Å². The van der Waals surface area contributed by atoms with Crippen molar-refractivity contribution in [3.05, 3.63) is 49.8 Å². The van der Waals surface area contributed by atoms with Gasteiger partial charge in [0, 0.05) is 23.0 Å². The first-order valence-corrected chi connectivity index (χ1v) is 8.27. The molecule has 1 aromatic heterocycles. The van der Waals surface area contributed by atoms with Crippen LogP contribution < -0.4 is 5.32 Å². The Hall–Kier alpha value is -0.840. The number of rotatable bonds is 5. The van der Waals surface area contributed by atoms with E-state index in [1.54, 1.807) is 0 Å². The van der Waals surface area contributed by atoms with Crippen LogP contribution in [0.5, 0.6) is 0 Å². The maximum Gasteiger partial charge on any atom is 0.144 e. The van der Waals surface area contributed by atoms with Crippen molar-refractivity contribution in [2.45, 2.75) is 26.7 Å². The number of hydrogen-bond acceptors (Lipinski definition) is 3. The average Bonchev–Trinajstić information content (AvgIpc) is 2.45. The van der Waals surface area contributed by atoms with Gasteiger partial charge in [-0.05, 0) is 47.0 Å². The topological polar surface area (TPSA) is 37.8 Å². The van der Waals surface area contributed by atoms with Gasteiger partial charge in [0.05, 0.1) is 10.2 Å². The largest absolute Gasteiger partial charge is 0.369 e. The predicted octanol–water partition coefficient (Wildman–Crippen LogP) is 5.27. The van der Waals surface area contributed by atoms with Crippen LogP contribution >= 0.6 is 39.1 Å². The second kappa shape index (κ2) is 7.43. The Morgan fingerprint density at radius 2 is 1.86 bits per heavy atom. The lowest BCUT2D eigenvalue weighted by molar-refractivity contribution is 0.910. The number of halogens is 3. The summed E-state index contributed by atoms with van der Waals surface area (Å²) >= 11 is 15.9. The summed E-state index contributed by atoms with van der Waals surface area (Å²) in [5.74, 6) is 1.51. The maximum atomic E-state index is 6.21. The van der Waals surface area contributed by atoms with Gasteiger partial charge in [0.1, 0.15) is 11.6 Å². The van der Waals surface area contributed by atoms with E-state index < -0.39 is 0 Å². The predicted molar refractivity (Wildman–Crippen MR) is 92.5 cm³/mol. The Kier molecular flexibility index (Phi) is 5.85. The molecule has 21 heavy (non-hydrogen) atoms. The molecule has 112 valence electrons. The fourth-order valence-electron chi connectivity index (χ4n) is 1.92. The van der Waals surface area contributed by atoms with Crippen LogP contribution in [0.1, 0.15) is 30.4 Å². The van der Waals surface area contributed by atoms with Gasteiger partial charge in [-0.3, -0.25) is 0 Å². The first kappa shape index (κ1) is 16.5. The van der Waals surface area contributed by atoms with E-state index in [2.05, 4.69) is 38.1 Å². The van der Waals surface area contributed by atoms with Crippen molar-refractivity contribution in [1.29, 1.82) is 0 Å². The van der Waals surface area contributed by atoms with Crippen LogP contribution in [0.25, 0.3) is 0 Å². The van der Waals surface area contributed by atoms with E-state index in [0.717, 1.165) is 34.5 Å². The number of hydrogen-bond donors (Lipinski definition) is 1. The minimum absolute atomic E-state index is 0.507. The molecule has 0 radical (unpaired) electrons. The lowest BCUT2D eigenvalue weighted by Gasteiger charge is -2.12. The number of benzene rings is 1. The van der Waals surface area contributed by atoms with E-state index >= 15 is 0 Å². The van der Waals surface area contributed by atoms with E-state index in [-0.39, 0.29) is 0 Å². The summed E-state index contributed by atoms with van der Waals surface area (Å²) in [5, 5.41) is 4.56. The van der Waals surface area contributed by atoms with Crippen molar-refractivity contribution in [3.63, 3.8) is 0 Å². The van der Waals surface area contributed by atoms with Crippen LogP contribution in [0.3, 0.4) is 0 Å². The third kappa shape index (κ3) is 4.09. The molecule has 0 saturated heterocycles. The van der Waals surface area contributed by atoms with E-state index in [1.807, 2.05) is 25.1 Å². The molecule has 0 bridgehead atoms. The van der Waals surface area contributed by atoms with Crippen LogP contribution in [0.2, 0.25) is 10.0 Å². The molecule has 0 fully saturated rings. The third-order valence-electron chi connectivity index (χ3n) is 3.00. The fraction of sp³-hybridized carbons (Fsp3) is 0.333. The van der Waals surface area contributed by atoms with Gasteiger partial charge < -0.3 is 5.32 Å². The van der Waals surface area contributed by atoms with Gasteiger partial charge >= 0.3 is 0 Å². The van der Waals surface area contributed by atoms with Crippen molar-refractivity contribution >= 4 is 44.9 Å². The second-order valence-electron chi connectivity index (χ2n) is 4.69. The third-order valence-corrected chi connectivity index (χ3v) is 4.66. The highest BCUT2D eigenvalue weighted by Gasteiger charge is 2.12. The Balaban J connectivity index is 2.34. The summed E-state index contributed by atoms with van der Waals surface area (Å²) < 4.78 is 0.893. The monoisotopic (exact) mass is 387 g/mol. The van der Waals surface area contributed by atoms with E-state index in [9.17, 15) is 0 Å². The molecule has 0 aliphatic heterocycles. The SMILES string of the molecule is CCCNc1nc(Cc2c(Cl)cccc2Cl)nc(C)c1Br. The molecule has 1 aromatic carbocycles. The van der Waals surface area contributed by atoms with Crippen LogP contribution in [0.4, 0.5) is 5.82 Å². The summed E-state index contributed by atoms with van der Waals surface area (Å²) in [6.07, 6.45) is 1.54. The van der Waals surface area contributed by atoms with Gasteiger partial charge in [-0.1, -0.05) is 36.2 Å². The number of aryl methyl sites for hydroxylation is 1. The first-order chi connectivity index (χ1) is 10.0. The Morgan fingerprint density at radius 1 is 1.19 bits per heavy atom. The quantitative estimate of drug-likeness (QED) is 0.758. The highest BCUT2D eigenvalue weighted by atomic mass is 79.9. The molecule has 6 heteroatoms. The Morgan fingerprint density at radius 3 is 2.48 bits per heavy atom. The van der Waals surface area contributed by atoms with Crippen molar-refractivity contribution in [2.75, 3.05) is 11.9 Å². The van der Waals surface area contributed by atoms with Crippen molar-refractivity contribution < 1.29 is 0 Å². The molecule has 1 heterocycles. The normalized spacial score (nSPS) is 10.7. The zero-order valence-corrected chi connectivity index (χ0v) is 15.0. The zero-order valence-electron chi connectivity index (χ0n) is 11.9. The van der Waals surface area contributed by atoms with Crippen LogP contribution in [0.15, 0.2) is 22.7 Å². The Bertz CT molecular complexity index is 627. The van der Waals surface area contributed by atoms with E-state index in [1.165, 1.54) is 0 Å². The van der Waals surface area contributed by atoms with Gasteiger partial charge in [-0.15, -0.1) is 0 Å². The number of anilines is 1. The van der Waals surface area contributed by atoms with Crippen molar-refractivity contribution in [2.24, 2.45) is 0 Å². The summed E-state index contributed by atoms with van der Waals surface area (Å²) in [7, 11) is 0. The van der Waals surface area contributed by atoms with E-state index in [0.29, 0.717) is 22.3 Å². The van der Waals surface area contributed by atoms with Crippen molar-refractivity contribution in [1.82, 2.24) is 9.97 Å². The average molecular weight is 389 g/mol. The molecular weight excluding hydrogens is 373 g/mol. The van der Waals surface area contributed by atoms with Crippen LogP contribution in [0, 0.1) is 6.92 Å². The minimum Gasteiger partial charge on any atom is -0.369 e. The molecule has 0 atom stereocenters. The summed E-state index contributed by atoms with van der Waals surface area (Å²) in [6, 6.07) is 5.48. The molecule has 3 nitrogen and oxygen atoms in total. The summed E-state index contributed by atoms with van der Waals surface area (Å²) in [4.78, 5) is 9.07. The standard InChI is InChI=1S/C15H16BrCl2N3/c1-3-7-19-15-14(16)9(2)20-13(21-15)8-10-11(17)5-4-6-12(10)18/h4-6H,3,7-8H2,1-2H3,(H,19,20,21). The fourth-order valence-corrected chi connectivity index (χ4v) is 2.76. The lowest BCUT2D eigenvalue weighted by atomic mass is 10.1.